The molecule has 116 valence electrons. The molecule has 0 fully saturated rings. The molecule has 2 N–H and O–H groups in total. The van der Waals surface area contributed by atoms with Gasteiger partial charge in [-0.1, -0.05) is 0 Å². The minimum atomic E-state index is -4.49. The van der Waals surface area contributed by atoms with Crippen LogP contribution in [0, 0.1) is 0 Å². The number of rotatable bonds is 6. The molecule has 1 amide bonds. The Bertz CT molecular complexity index is 499. The van der Waals surface area contributed by atoms with Crippen LogP contribution >= 0.6 is 0 Å². The number of halogens is 3. The Morgan fingerprint density at radius 1 is 1.29 bits per heavy atom. The first kappa shape index (κ1) is 17.0. The zero-order valence-corrected chi connectivity index (χ0v) is 11.1. The molecule has 0 aliphatic rings. The Labute approximate surface area is 118 Å². The molecule has 0 aliphatic heterocycles. The Morgan fingerprint density at radius 2 is 1.86 bits per heavy atom. The molecule has 1 atom stereocenters. The molecule has 5 nitrogen and oxygen atoms in total. The number of hydrogen-bond acceptors (Lipinski definition) is 3. The molecule has 21 heavy (non-hydrogen) atoms. The lowest BCUT2D eigenvalue weighted by Crippen LogP contribution is -2.41. The molecule has 1 unspecified atom stereocenters. The minimum Gasteiger partial charge on any atom is -0.480 e. The van der Waals surface area contributed by atoms with Crippen molar-refractivity contribution >= 4 is 11.9 Å². The number of carbonyl (C=O) groups is 2. The Hall–Kier alpha value is -2.09. The van der Waals surface area contributed by atoms with E-state index in [4.69, 9.17) is 9.84 Å². The molecule has 1 aromatic rings. The van der Waals surface area contributed by atoms with Gasteiger partial charge in [0.15, 0.2) is 0 Å². The lowest BCUT2D eigenvalue weighted by atomic mass is 10.1. The van der Waals surface area contributed by atoms with Crippen LogP contribution in [0.15, 0.2) is 24.3 Å². The third-order valence-corrected chi connectivity index (χ3v) is 2.69. The molecule has 0 aromatic heterocycles. The number of carboxylic acids is 1. The van der Waals surface area contributed by atoms with Crippen LogP contribution in [0.1, 0.15) is 22.3 Å². The fourth-order valence-corrected chi connectivity index (χ4v) is 1.55. The van der Waals surface area contributed by atoms with Gasteiger partial charge in [-0.15, -0.1) is 0 Å². The van der Waals surface area contributed by atoms with Crippen LogP contribution < -0.4 is 5.32 Å². The molecule has 0 aliphatic carbocycles. The number of hydrogen-bond donors (Lipinski definition) is 2. The van der Waals surface area contributed by atoms with E-state index in [0.29, 0.717) is 0 Å². The second-order valence-corrected chi connectivity index (χ2v) is 4.22. The second kappa shape index (κ2) is 7.07. The molecule has 0 radical (unpaired) electrons. The van der Waals surface area contributed by atoms with Gasteiger partial charge in [0.2, 0.25) is 0 Å². The zero-order valence-electron chi connectivity index (χ0n) is 11.1. The first-order valence-electron chi connectivity index (χ1n) is 5.95. The largest absolute Gasteiger partial charge is 0.480 e. The average Bonchev–Trinajstić information content (AvgIpc) is 2.42. The lowest BCUT2D eigenvalue weighted by Gasteiger charge is -2.14. The number of amides is 1. The predicted octanol–water partition coefficient (Wildman–Crippen LogP) is 1.92. The van der Waals surface area contributed by atoms with Gasteiger partial charge >= 0.3 is 12.1 Å². The van der Waals surface area contributed by atoms with E-state index in [2.05, 4.69) is 5.32 Å². The first-order valence-corrected chi connectivity index (χ1v) is 5.95. The fourth-order valence-electron chi connectivity index (χ4n) is 1.55. The zero-order chi connectivity index (χ0) is 16.0. The molecule has 0 saturated carbocycles. The standard InChI is InChI=1S/C13H14F3NO4/c1-21-7-6-10(12(19)20)17-11(18)8-2-4-9(5-3-8)13(14,15)16/h2-5,10H,6-7H2,1H3,(H,17,18)(H,19,20). The summed E-state index contributed by atoms with van der Waals surface area (Å²) in [6.45, 7) is 0.129. The maximum Gasteiger partial charge on any atom is 0.416 e. The SMILES string of the molecule is COCCC(NC(=O)c1ccc(C(F)(F)F)cc1)C(=O)O. The Kier molecular flexibility index (Phi) is 5.71. The highest BCUT2D eigenvalue weighted by atomic mass is 19.4. The van der Waals surface area contributed by atoms with Crippen LogP contribution in [-0.4, -0.2) is 36.7 Å². The second-order valence-electron chi connectivity index (χ2n) is 4.22. The summed E-state index contributed by atoms with van der Waals surface area (Å²) in [5.74, 6) is -2.00. The van der Waals surface area contributed by atoms with E-state index in [9.17, 15) is 22.8 Å². The van der Waals surface area contributed by atoms with Gasteiger partial charge in [-0.25, -0.2) is 4.79 Å². The van der Waals surface area contributed by atoms with Crippen LogP contribution in [0.5, 0.6) is 0 Å². The van der Waals surface area contributed by atoms with Gasteiger partial charge in [0.25, 0.3) is 5.91 Å². The van der Waals surface area contributed by atoms with Crippen molar-refractivity contribution < 1.29 is 32.6 Å². The summed E-state index contributed by atoms with van der Waals surface area (Å²) in [5.41, 5.74) is -0.931. The van der Waals surface area contributed by atoms with Crippen molar-refractivity contribution in [3.63, 3.8) is 0 Å². The van der Waals surface area contributed by atoms with Gasteiger partial charge in [0.1, 0.15) is 6.04 Å². The number of ether oxygens (including phenoxy) is 1. The van der Waals surface area contributed by atoms with E-state index in [1.807, 2.05) is 0 Å². The van der Waals surface area contributed by atoms with Crippen molar-refractivity contribution in [1.29, 1.82) is 0 Å². The van der Waals surface area contributed by atoms with Gasteiger partial charge in [-0.2, -0.15) is 13.2 Å². The summed E-state index contributed by atoms with van der Waals surface area (Å²) in [5, 5.41) is 11.2. The third kappa shape index (κ3) is 5.07. The number of nitrogens with one attached hydrogen (secondary N) is 1. The number of aliphatic carboxylic acids is 1. The maximum atomic E-state index is 12.4. The fraction of sp³-hybridized carbons (Fsp3) is 0.385. The van der Waals surface area contributed by atoms with Crippen molar-refractivity contribution in [1.82, 2.24) is 5.32 Å². The molecule has 0 saturated heterocycles. The van der Waals surface area contributed by atoms with Gasteiger partial charge in [-0.3, -0.25) is 4.79 Å². The van der Waals surface area contributed by atoms with Crippen LogP contribution in [0.4, 0.5) is 13.2 Å². The average molecular weight is 305 g/mol. The molecule has 0 heterocycles. The van der Waals surface area contributed by atoms with Crippen molar-refractivity contribution in [3.8, 4) is 0 Å². The number of carbonyl (C=O) groups excluding carboxylic acids is 1. The quantitative estimate of drug-likeness (QED) is 0.842. The maximum absolute atomic E-state index is 12.4. The number of benzene rings is 1. The molecule has 0 spiro atoms. The van der Waals surface area contributed by atoms with E-state index in [1.54, 1.807) is 0 Å². The van der Waals surface area contributed by atoms with Crippen molar-refractivity contribution in [2.24, 2.45) is 0 Å². The molecule has 1 aromatic carbocycles. The third-order valence-electron chi connectivity index (χ3n) is 2.69. The lowest BCUT2D eigenvalue weighted by molar-refractivity contribution is -0.140. The van der Waals surface area contributed by atoms with Gasteiger partial charge < -0.3 is 15.2 Å². The van der Waals surface area contributed by atoms with E-state index in [-0.39, 0.29) is 18.6 Å². The van der Waals surface area contributed by atoms with Crippen LogP contribution in [0.2, 0.25) is 0 Å². The van der Waals surface area contributed by atoms with Crippen LogP contribution in [0.3, 0.4) is 0 Å². The van der Waals surface area contributed by atoms with Crippen molar-refractivity contribution in [3.05, 3.63) is 35.4 Å². The van der Waals surface area contributed by atoms with E-state index >= 15 is 0 Å². The summed E-state index contributed by atoms with van der Waals surface area (Å²) in [6, 6.07) is 2.35. The van der Waals surface area contributed by atoms with Crippen molar-refractivity contribution in [2.75, 3.05) is 13.7 Å². The molecular weight excluding hydrogens is 291 g/mol. The van der Waals surface area contributed by atoms with Gasteiger partial charge in [-0.05, 0) is 24.3 Å². The summed E-state index contributed by atoms with van der Waals surface area (Å²) in [4.78, 5) is 22.7. The minimum absolute atomic E-state index is 0.0494. The topological polar surface area (TPSA) is 75.6 Å². The normalized spacial score (nSPS) is 12.8. The smallest absolute Gasteiger partial charge is 0.416 e. The highest BCUT2D eigenvalue weighted by Crippen LogP contribution is 2.29. The number of alkyl halides is 3. The summed E-state index contributed by atoms with van der Waals surface area (Å²) < 4.78 is 41.9. The predicted molar refractivity (Wildman–Crippen MR) is 66.8 cm³/mol. The van der Waals surface area contributed by atoms with E-state index < -0.39 is 29.7 Å². The number of carboxylic acid groups (broad SMARTS) is 1. The van der Waals surface area contributed by atoms with Crippen molar-refractivity contribution in [2.45, 2.75) is 18.6 Å². The van der Waals surface area contributed by atoms with Gasteiger partial charge in [0, 0.05) is 25.7 Å². The molecule has 1 rings (SSSR count). The summed E-state index contributed by atoms with van der Waals surface area (Å²) >= 11 is 0. The highest BCUT2D eigenvalue weighted by molar-refractivity contribution is 5.96. The molecule has 0 bridgehead atoms. The van der Waals surface area contributed by atoms with E-state index in [0.717, 1.165) is 24.3 Å². The van der Waals surface area contributed by atoms with Crippen LogP contribution in [0.25, 0.3) is 0 Å². The Morgan fingerprint density at radius 3 is 2.29 bits per heavy atom. The first-order chi connectivity index (χ1) is 9.75. The monoisotopic (exact) mass is 305 g/mol. The van der Waals surface area contributed by atoms with Crippen LogP contribution in [-0.2, 0) is 15.7 Å². The van der Waals surface area contributed by atoms with Gasteiger partial charge in [0.05, 0.1) is 5.56 Å². The summed E-state index contributed by atoms with van der Waals surface area (Å²) in [7, 11) is 1.39. The molecular formula is C13H14F3NO4. The summed E-state index contributed by atoms with van der Waals surface area (Å²) in [6.07, 6.45) is -4.44. The molecule has 8 heteroatoms. The van der Waals surface area contributed by atoms with E-state index in [1.165, 1.54) is 7.11 Å². The number of methoxy groups -OCH3 is 1. The Balaban J connectivity index is 2.76. The highest BCUT2D eigenvalue weighted by Gasteiger charge is 2.30.